The molecule has 0 atom stereocenters. The van der Waals surface area contributed by atoms with Crippen molar-refractivity contribution in [2.45, 2.75) is 13.3 Å². The van der Waals surface area contributed by atoms with Crippen LogP contribution in [0.2, 0.25) is 0 Å². The highest BCUT2D eigenvalue weighted by atomic mass is 16.6. The van der Waals surface area contributed by atoms with E-state index in [9.17, 15) is 14.9 Å². The van der Waals surface area contributed by atoms with Crippen LogP contribution in [0.5, 0.6) is 0 Å². The van der Waals surface area contributed by atoms with Crippen molar-refractivity contribution in [3.05, 3.63) is 34.0 Å². The van der Waals surface area contributed by atoms with Gasteiger partial charge < -0.3 is 5.11 Å². The van der Waals surface area contributed by atoms with E-state index in [1.54, 1.807) is 14.0 Å². The first-order valence-corrected chi connectivity index (χ1v) is 5.43. The molecule has 0 spiro atoms. The van der Waals surface area contributed by atoms with Gasteiger partial charge in [0.05, 0.1) is 4.92 Å². The highest BCUT2D eigenvalue weighted by Crippen LogP contribution is 2.27. The van der Waals surface area contributed by atoms with E-state index in [2.05, 4.69) is 10.1 Å². The quantitative estimate of drug-likeness (QED) is 0.644. The van der Waals surface area contributed by atoms with Crippen LogP contribution >= 0.6 is 0 Å². The molecule has 2 rings (SSSR count). The highest BCUT2D eigenvalue weighted by molar-refractivity contribution is 5.85. The summed E-state index contributed by atoms with van der Waals surface area (Å²) in [5.74, 6) is -1.01. The van der Waals surface area contributed by atoms with Gasteiger partial charge in [0, 0.05) is 13.2 Å². The normalized spacial score (nSPS) is 10.6. The minimum atomic E-state index is -1.20. The molecular formula is C10H11N5O4. The molecule has 0 amide bonds. The third-order valence-electron chi connectivity index (χ3n) is 2.63. The SMILES string of the molecule is CCc1nn(C)c(-n2cnc(C(=O)O)c2)c1[N+](=O)[O-]. The summed E-state index contributed by atoms with van der Waals surface area (Å²) >= 11 is 0. The molecule has 2 aromatic rings. The zero-order valence-electron chi connectivity index (χ0n) is 10.3. The first-order chi connectivity index (χ1) is 8.95. The van der Waals surface area contributed by atoms with Crippen LogP contribution in [-0.4, -0.2) is 35.3 Å². The number of aromatic nitrogens is 4. The third kappa shape index (κ3) is 2.05. The van der Waals surface area contributed by atoms with Gasteiger partial charge in [0.2, 0.25) is 5.82 Å². The second-order valence-corrected chi connectivity index (χ2v) is 3.82. The van der Waals surface area contributed by atoms with E-state index in [0.717, 1.165) is 0 Å². The number of nitrogens with zero attached hydrogens (tertiary/aromatic N) is 5. The summed E-state index contributed by atoms with van der Waals surface area (Å²) in [6.45, 7) is 1.76. The third-order valence-corrected chi connectivity index (χ3v) is 2.63. The lowest BCUT2D eigenvalue weighted by Crippen LogP contribution is -2.03. The van der Waals surface area contributed by atoms with E-state index >= 15 is 0 Å². The lowest BCUT2D eigenvalue weighted by molar-refractivity contribution is -0.385. The Kier molecular flexibility index (Phi) is 3.03. The monoisotopic (exact) mass is 265 g/mol. The van der Waals surface area contributed by atoms with Crippen LogP contribution in [0, 0.1) is 10.1 Å². The molecule has 9 nitrogen and oxygen atoms in total. The fraction of sp³-hybridized carbons (Fsp3) is 0.300. The molecule has 0 aliphatic carbocycles. The van der Waals surface area contributed by atoms with Crippen molar-refractivity contribution >= 4 is 11.7 Å². The molecule has 1 N–H and O–H groups in total. The van der Waals surface area contributed by atoms with Gasteiger partial charge in [-0.15, -0.1) is 0 Å². The van der Waals surface area contributed by atoms with Gasteiger partial charge in [0.1, 0.15) is 12.0 Å². The number of hydrogen-bond donors (Lipinski definition) is 1. The van der Waals surface area contributed by atoms with Crippen molar-refractivity contribution in [1.82, 2.24) is 19.3 Å². The van der Waals surface area contributed by atoms with Gasteiger partial charge in [-0.25, -0.2) is 14.5 Å². The number of nitro groups is 1. The first-order valence-electron chi connectivity index (χ1n) is 5.43. The lowest BCUT2D eigenvalue weighted by atomic mass is 10.3. The van der Waals surface area contributed by atoms with Crippen molar-refractivity contribution in [1.29, 1.82) is 0 Å². The molecule has 19 heavy (non-hydrogen) atoms. The van der Waals surface area contributed by atoms with E-state index in [-0.39, 0.29) is 17.2 Å². The molecule has 2 aromatic heterocycles. The van der Waals surface area contributed by atoms with Crippen molar-refractivity contribution in [2.75, 3.05) is 0 Å². The maximum Gasteiger partial charge on any atom is 0.356 e. The minimum Gasteiger partial charge on any atom is -0.476 e. The Morgan fingerprint density at radius 1 is 1.58 bits per heavy atom. The van der Waals surface area contributed by atoms with Crippen LogP contribution in [0.25, 0.3) is 5.82 Å². The Bertz CT molecular complexity index is 657. The van der Waals surface area contributed by atoms with E-state index in [1.807, 2.05) is 0 Å². The van der Waals surface area contributed by atoms with Gasteiger partial charge in [-0.2, -0.15) is 5.10 Å². The molecule has 0 saturated heterocycles. The van der Waals surface area contributed by atoms with Crippen molar-refractivity contribution in [3.63, 3.8) is 0 Å². The fourth-order valence-corrected chi connectivity index (χ4v) is 1.82. The molecule has 0 aliphatic rings. The Labute approximate surface area is 107 Å². The highest BCUT2D eigenvalue weighted by Gasteiger charge is 2.27. The van der Waals surface area contributed by atoms with Crippen LogP contribution in [0.3, 0.4) is 0 Å². The van der Waals surface area contributed by atoms with Gasteiger partial charge in [0.25, 0.3) is 0 Å². The number of carboxylic acid groups (broad SMARTS) is 1. The van der Waals surface area contributed by atoms with Crippen LogP contribution in [-0.2, 0) is 13.5 Å². The van der Waals surface area contributed by atoms with Gasteiger partial charge in [0.15, 0.2) is 5.69 Å². The Balaban J connectivity index is 2.63. The molecule has 0 saturated carbocycles. The van der Waals surface area contributed by atoms with E-state index in [0.29, 0.717) is 12.1 Å². The maximum absolute atomic E-state index is 11.1. The molecule has 0 aromatic carbocycles. The summed E-state index contributed by atoms with van der Waals surface area (Å²) in [7, 11) is 1.56. The van der Waals surface area contributed by atoms with Gasteiger partial charge in [-0.1, -0.05) is 6.92 Å². The summed E-state index contributed by atoms with van der Waals surface area (Å²) in [5, 5.41) is 24.0. The topological polar surface area (TPSA) is 116 Å². The maximum atomic E-state index is 11.1. The first kappa shape index (κ1) is 12.7. The molecule has 0 aliphatic heterocycles. The number of aromatic carboxylic acids is 1. The number of carboxylic acids is 1. The lowest BCUT2D eigenvalue weighted by Gasteiger charge is -2.00. The van der Waals surface area contributed by atoms with Crippen LogP contribution < -0.4 is 0 Å². The smallest absolute Gasteiger partial charge is 0.356 e. The molecule has 0 bridgehead atoms. The second-order valence-electron chi connectivity index (χ2n) is 3.82. The largest absolute Gasteiger partial charge is 0.476 e. The van der Waals surface area contributed by atoms with Crippen LogP contribution in [0.1, 0.15) is 23.1 Å². The molecule has 2 heterocycles. The average Bonchev–Trinajstić information content (AvgIpc) is 2.92. The second kappa shape index (κ2) is 4.52. The summed E-state index contributed by atoms with van der Waals surface area (Å²) < 4.78 is 2.62. The Morgan fingerprint density at radius 2 is 2.26 bits per heavy atom. The Morgan fingerprint density at radius 3 is 2.74 bits per heavy atom. The molecule has 100 valence electrons. The van der Waals surface area contributed by atoms with Crippen LogP contribution in [0.4, 0.5) is 5.69 Å². The minimum absolute atomic E-state index is 0.140. The molecule has 0 radical (unpaired) electrons. The number of carbonyl (C=O) groups is 1. The predicted molar refractivity (Wildman–Crippen MR) is 63.3 cm³/mol. The standard InChI is InChI=1S/C10H11N5O4/c1-3-6-8(15(18)19)9(13(2)12-6)14-4-7(10(16)17)11-5-14/h4-5H,3H2,1-2H3,(H,16,17). The van der Waals surface area contributed by atoms with E-state index < -0.39 is 10.9 Å². The van der Waals surface area contributed by atoms with E-state index in [1.165, 1.54) is 21.8 Å². The molecular weight excluding hydrogens is 254 g/mol. The zero-order valence-corrected chi connectivity index (χ0v) is 10.3. The summed E-state index contributed by atoms with van der Waals surface area (Å²) in [5.41, 5.74) is 0.0148. The zero-order chi connectivity index (χ0) is 14.2. The van der Waals surface area contributed by atoms with Crippen molar-refractivity contribution < 1.29 is 14.8 Å². The number of hydrogen-bond acceptors (Lipinski definition) is 5. The summed E-state index contributed by atoms with van der Waals surface area (Å²) in [6.07, 6.45) is 2.84. The number of aryl methyl sites for hydroxylation is 2. The Hall–Kier alpha value is -2.71. The van der Waals surface area contributed by atoms with E-state index in [4.69, 9.17) is 5.11 Å². The molecule has 0 fully saturated rings. The average molecular weight is 265 g/mol. The number of imidazole rings is 1. The summed E-state index contributed by atoms with van der Waals surface area (Å²) in [4.78, 5) is 25.1. The fourth-order valence-electron chi connectivity index (χ4n) is 1.82. The molecule has 9 heteroatoms. The predicted octanol–water partition coefficient (Wildman–Crippen LogP) is 0.775. The van der Waals surface area contributed by atoms with Crippen molar-refractivity contribution in [2.24, 2.45) is 7.05 Å². The number of rotatable bonds is 4. The summed E-state index contributed by atoms with van der Waals surface area (Å²) in [6, 6.07) is 0. The van der Waals surface area contributed by atoms with Gasteiger partial charge in [-0.3, -0.25) is 14.7 Å². The van der Waals surface area contributed by atoms with Crippen molar-refractivity contribution in [3.8, 4) is 5.82 Å². The van der Waals surface area contributed by atoms with Gasteiger partial charge >= 0.3 is 11.7 Å². The molecule has 0 unspecified atom stereocenters. The van der Waals surface area contributed by atoms with Crippen LogP contribution in [0.15, 0.2) is 12.5 Å². The van der Waals surface area contributed by atoms with Gasteiger partial charge in [-0.05, 0) is 6.42 Å².